The van der Waals surface area contributed by atoms with Gasteiger partial charge in [-0.15, -0.1) is 0 Å². The molecule has 1 amide bonds. The molecule has 248 valence electrons. The number of aromatic nitrogens is 6. The summed E-state index contributed by atoms with van der Waals surface area (Å²) in [6.45, 7) is 0. The molecule has 0 radical (unpaired) electrons. The van der Waals surface area contributed by atoms with Crippen molar-refractivity contribution in [2.75, 3.05) is 14.2 Å². The van der Waals surface area contributed by atoms with E-state index < -0.39 is 17.5 Å². The zero-order chi connectivity index (χ0) is 36.3. The zero-order valence-corrected chi connectivity index (χ0v) is 27.2. The lowest BCUT2D eigenvalue weighted by atomic mass is 9.92. The molecule has 0 aliphatic heterocycles. The van der Waals surface area contributed by atoms with Crippen LogP contribution in [0, 0.1) is 45.3 Å². The van der Waals surface area contributed by atoms with Gasteiger partial charge in [0.25, 0.3) is 5.72 Å². The monoisotopic (exact) mass is 673 g/mol. The third-order valence-corrected chi connectivity index (χ3v) is 7.84. The fraction of sp³-hybridized carbons (Fsp3) is 0.108. The number of amides is 1. The summed E-state index contributed by atoms with van der Waals surface area (Å²) in [5.41, 5.74) is 2.22. The number of carbonyl (C=O) groups is 1. The molecule has 0 saturated carbocycles. The maximum atomic E-state index is 12.2. The highest BCUT2D eigenvalue weighted by molar-refractivity contribution is 5.68. The van der Waals surface area contributed by atoms with Crippen molar-refractivity contribution >= 4 is 6.09 Å². The topological polar surface area (TPSA) is 204 Å². The first kappa shape index (κ1) is 34.7. The SMILES string of the molecule is CNC(=O)OC(c1ccc(C#N)cc1)(c1ccc(C#N)cc1)n1cncn1.COC(c1ccc(C#N)cc1)(c1ccc(C#N)cc1)n1cncn1. The van der Waals surface area contributed by atoms with Crippen molar-refractivity contribution in [2.45, 2.75) is 11.4 Å². The second kappa shape index (κ2) is 15.5. The molecule has 0 spiro atoms. The van der Waals surface area contributed by atoms with E-state index in [-0.39, 0.29) is 0 Å². The number of methoxy groups -OCH3 is 1. The Labute approximate surface area is 292 Å². The van der Waals surface area contributed by atoms with E-state index in [0.717, 1.165) is 11.1 Å². The van der Waals surface area contributed by atoms with Crippen molar-refractivity contribution in [1.29, 1.82) is 21.0 Å². The summed E-state index contributed by atoms with van der Waals surface area (Å²) < 4.78 is 14.7. The molecule has 14 heteroatoms. The molecule has 6 aromatic rings. The van der Waals surface area contributed by atoms with Crippen molar-refractivity contribution in [3.63, 3.8) is 0 Å². The van der Waals surface area contributed by atoms with Crippen LogP contribution in [0.25, 0.3) is 0 Å². The van der Waals surface area contributed by atoms with E-state index in [9.17, 15) is 4.79 Å². The molecule has 2 aromatic heterocycles. The summed E-state index contributed by atoms with van der Waals surface area (Å²) >= 11 is 0. The van der Waals surface area contributed by atoms with Gasteiger partial charge in [0.15, 0.2) is 0 Å². The molecule has 0 aliphatic rings. The average Bonchev–Trinajstić information content (AvgIpc) is 3.95. The van der Waals surface area contributed by atoms with E-state index in [1.807, 2.05) is 24.3 Å². The van der Waals surface area contributed by atoms with E-state index in [1.54, 1.807) is 90.9 Å². The van der Waals surface area contributed by atoms with Gasteiger partial charge in [0.1, 0.15) is 25.3 Å². The average molecular weight is 674 g/mol. The summed E-state index contributed by atoms with van der Waals surface area (Å²) in [6, 6.07) is 35.7. The van der Waals surface area contributed by atoms with Crippen LogP contribution in [-0.2, 0) is 20.9 Å². The molecule has 0 aliphatic carbocycles. The second-order valence-corrected chi connectivity index (χ2v) is 10.6. The number of hydrogen-bond acceptors (Lipinski definition) is 11. The van der Waals surface area contributed by atoms with E-state index in [1.165, 1.54) is 30.7 Å². The van der Waals surface area contributed by atoms with E-state index in [2.05, 4.69) is 49.8 Å². The minimum absolute atomic E-state index is 0.464. The van der Waals surface area contributed by atoms with Gasteiger partial charge in [-0.25, -0.2) is 24.1 Å². The number of alkyl carbamates (subject to hydrolysis) is 1. The Bertz CT molecular complexity index is 2130. The summed E-state index contributed by atoms with van der Waals surface area (Å²) in [5.74, 6) is 0. The van der Waals surface area contributed by atoms with Crippen molar-refractivity contribution < 1.29 is 14.3 Å². The van der Waals surface area contributed by atoms with Crippen LogP contribution < -0.4 is 5.32 Å². The van der Waals surface area contributed by atoms with Gasteiger partial charge in [-0.1, -0.05) is 48.5 Å². The predicted octanol–water partition coefficient (Wildman–Crippen LogP) is 4.54. The smallest absolute Gasteiger partial charge is 0.409 e. The quantitative estimate of drug-likeness (QED) is 0.237. The van der Waals surface area contributed by atoms with Gasteiger partial charge < -0.3 is 14.8 Å². The summed E-state index contributed by atoms with van der Waals surface area (Å²) in [4.78, 5) is 20.2. The van der Waals surface area contributed by atoms with Crippen LogP contribution in [0.1, 0.15) is 44.5 Å². The van der Waals surface area contributed by atoms with Crippen molar-refractivity contribution in [3.05, 3.63) is 167 Å². The molecule has 2 heterocycles. The Hall–Kier alpha value is -7.65. The molecular weight excluding hydrogens is 646 g/mol. The molecule has 14 nitrogen and oxygen atoms in total. The Balaban J connectivity index is 0.000000199. The van der Waals surface area contributed by atoms with E-state index in [4.69, 9.17) is 30.5 Å². The van der Waals surface area contributed by atoms with Gasteiger partial charge in [-0.05, 0) is 48.5 Å². The fourth-order valence-corrected chi connectivity index (χ4v) is 5.37. The first-order valence-corrected chi connectivity index (χ1v) is 15.1. The third kappa shape index (κ3) is 6.85. The number of benzene rings is 4. The van der Waals surface area contributed by atoms with Gasteiger partial charge in [0.05, 0.1) is 46.5 Å². The minimum atomic E-state index is -1.47. The van der Waals surface area contributed by atoms with Crippen LogP contribution in [0.2, 0.25) is 0 Å². The summed E-state index contributed by atoms with van der Waals surface area (Å²) in [6.07, 6.45) is 5.08. The normalized spacial score (nSPS) is 10.6. The van der Waals surface area contributed by atoms with Crippen molar-refractivity contribution in [1.82, 2.24) is 34.8 Å². The van der Waals surface area contributed by atoms with Crippen LogP contribution in [0.3, 0.4) is 0 Å². The number of carbonyl (C=O) groups excluding carboxylic acids is 1. The first-order valence-electron chi connectivity index (χ1n) is 15.1. The number of nitriles is 4. The van der Waals surface area contributed by atoms with Crippen LogP contribution in [0.5, 0.6) is 0 Å². The lowest BCUT2D eigenvalue weighted by Gasteiger charge is -2.34. The Morgan fingerprint density at radius 1 is 0.588 bits per heavy atom. The van der Waals surface area contributed by atoms with Crippen LogP contribution in [-0.4, -0.2) is 49.8 Å². The highest BCUT2D eigenvalue weighted by Gasteiger charge is 2.42. The van der Waals surface area contributed by atoms with Crippen molar-refractivity contribution in [3.8, 4) is 24.3 Å². The zero-order valence-electron chi connectivity index (χ0n) is 27.2. The van der Waals surface area contributed by atoms with Gasteiger partial charge in [0, 0.05) is 36.4 Å². The molecule has 0 atom stereocenters. The maximum Gasteiger partial charge on any atom is 0.409 e. The first-order chi connectivity index (χ1) is 24.9. The lowest BCUT2D eigenvalue weighted by Crippen LogP contribution is -2.43. The largest absolute Gasteiger partial charge is 0.412 e. The fourth-order valence-electron chi connectivity index (χ4n) is 5.37. The number of rotatable bonds is 8. The van der Waals surface area contributed by atoms with Crippen molar-refractivity contribution in [2.24, 2.45) is 0 Å². The van der Waals surface area contributed by atoms with E-state index in [0.29, 0.717) is 33.4 Å². The molecule has 1 N–H and O–H groups in total. The molecule has 0 fully saturated rings. The third-order valence-electron chi connectivity index (χ3n) is 7.84. The van der Waals surface area contributed by atoms with Gasteiger partial charge in [-0.2, -0.15) is 31.2 Å². The van der Waals surface area contributed by atoms with Crippen LogP contribution >= 0.6 is 0 Å². The molecular formula is C37H27N11O3. The molecule has 0 saturated heterocycles. The van der Waals surface area contributed by atoms with Gasteiger partial charge >= 0.3 is 6.09 Å². The van der Waals surface area contributed by atoms with Crippen LogP contribution in [0.15, 0.2) is 122 Å². The number of nitrogens with one attached hydrogen (secondary N) is 1. The Kier molecular flexibility index (Phi) is 10.5. The summed E-state index contributed by atoms with van der Waals surface area (Å²) in [7, 11) is 3.03. The maximum absolute atomic E-state index is 12.2. The number of ether oxygens (including phenoxy) is 2. The minimum Gasteiger partial charge on any atom is -0.412 e. The number of nitrogens with zero attached hydrogens (tertiary/aromatic N) is 10. The summed E-state index contributed by atoms with van der Waals surface area (Å²) in [5, 5.41) is 47.0. The highest BCUT2D eigenvalue weighted by atomic mass is 16.6. The van der Waals surface area contributed by atoms with Gasteiger partial charge in [0.2, 0.25) is 5.72 Å². The van der Waals surface area contributed by atoms with E-state index >= 15 is 0 Å². The number of hydrogen-bond donors (Lipinski definition) is 1. The molecule has 0 unspecified atom stereocenters. The van der Waals surface area contributed by atoms with Crippen LogP contribution in [0.4, 0.5) is 4.79 Å². The molecule has 51 heavy (non-hydrogen) atoms. The predicted molar refractivity (Wildman–Crippen MR) is 180 cm³/mol. The molecule has 4 aromatic carbocycles. The highest BCUT2D eigenvalue weighted by Crippen LogP contribution is 2.36. The molecule has 6 rings (SSSR count). The van der Waals surface area contributed by atoms with Gasteiger partial charge in [-0.3, -0.25) is 0 Å². The standard InChI is InChI=1S/C19H14N6O2.C18H13N5O/c1-22-18(26)27-19(25-13-23-12-24-25,16-6-2-14(10-20)3-7-16)17-8-4-15(11-21)5-9-17;1-24-18(23-13-21-12-22-23,16-6-2-14(10-19)3-7-16)17-8-4-15(11-20)5-9-17/h2-9,12-13H,1H3,(H,22,26);2-9,12-13H,1H3. The Morgan fingerprint density at radius 2 is 0.902 bits per heavy atom. The lowest BCUT2D eigenvalue weighted by molar-refractivity contribution is -0.0148. The second-order valence-electron chi connectivity index (χ2n) is 10.6. The molecule has 0 bridgehead atoms. The Morgan fingerprint density at radius 3 is 1.16 bits per heavy atom.